The summed E-state index contributed by atoms with van der Waals surface area (Å²) in [7, 11) is 2.08. The van der Waals surface area contributed by atoms with Crippen molar-refractivity contribution in [3.05, 3.63) is 112 Å². The van der Waals surface area contributed by atoms with E-state index in [1.165, 1.54) is 17.7 Å². The Bertz CT molecular complexity index is 1240. The van der Waals surface area contributed by atoms with Gasteiger partial charge in [-0.05, 0) is 70.6 Å². The van der Waals surface area contributed by atoms with E-state index in [4.69, 9.17) is 0 Å². The highest BCUT2D eigenvalue weighted by molar-refractivity contribution is 9.10. The number of halogens is 2. The molecule has 0 aliphatic heterocycles. The normalized spacial score (nSPS) is 11.4. The van der Waals surface area contributed by atoms with Gasteiger partial charge in [-0.25, -0.2) is 4.39 Å². The zero-order valence-electron chi connectivity index (χ0n) is 18.5. The van der Waals surface area contributed by atoms with Gasteiger partial charge in [0.15, 0.2) is 0 Å². The average molecular weight is 487 g/mol. The van der Waals surface area contributed by atoms with Crippen LogP contribution >= 0.6 is 15.9 Å². The molecule has 3 heteroatoms. The molecule has 1 nitrogen and oxygen atoms in total. The molecule has 32 heavy (non-hydrogen) atoms. The molecule has 0 spiro atoms. The Morgan fingerprint density at radius 2 is 1.38 bits per heavy atom. The average Bonchev–Trinajstić information content (AvgIpc) is 2.80. The summed E-state index contributed by atoms with van der Waals surface area (Å²) in [6, 6.07) is 28.0. The number of aromatic nitrogens is 1. The van der Waals surface area contributed by atoms with E-state index in [0.717, 1.165) is 38.1 Å². The van der Waals surface area contributed by atoms with Gasteiger partial charge in [-0.3, -0.25) is 0 Å². The molecule has 160 valence electrons. The highest BCUT2D eigenvalue weighted by atomic mass is 79.9. The third kappa shape index (κ3) is 5.05. The van der Waals surface area contributed by atoms with Gasteiger partial charge in [-0.2, -0.15) is 4.57 Å². The lowest BCUT2D eigenvalue weighted by atomic mass is 10.0. The van der Waals surface area contributed by atoms with Crippen LogP contribution in [0.3, 0.4) is 0 Å². The summed E-state index contributed by atoms with van der Waals surface area (Å²) in [5.41, 5.74) is 7.81. The zero-order chi connectivity index (χ0) is 22.7. The highest BCUT2D eigenvalue weighted by Gasteiger charge is 2.17. The van der Waals surface area contributed by atoms with Crippen LogP contribution in [0, 0.1) is 5.82 Å². The van der Waals surface area contributed by atoms with Gasteiger partial charge in [0.05, 0.1) is 0 Å². The van der Waals surface area contributed by atoms with Crippen LogP contribution in [0.1, 0.15) is 36.6 Å². The van der Waals surface area contributed by atoms with E-state index in [1.54, 1.807) is 0 Å². The fraction of sp³-hybridized carbons (Fsp3) is 0.138. The second-order valence-corrected chi connectivity index (χ2v) is 9.20. The minimum Gasteiger partial charge on any atom is -0.207 e. The Hall–Kier alpha value is -3.04. The number of benzene rings is 3. The summed E-state index contributed by atoms with van der Waals surface area (Å²) in [5, 5.41) is 0. The van der Waals surface area contributed by atoms with Gasteiger partial charge in [0.1, 0.15) is 12.9 Å². The quantitative estimate of drug-likeness (QED) is 0.251. The van der Waals surface area contributed by atoms with Gasteiger partial charge in [0.25, 0.3) is 0 Å². The first-order chi connectivity index (χ1) is 15.4. The molecule has 0 unspecified atom stereocenters. The molecule has 0 bridgehead atoms. The fourth-order valence-electron chi connectivity index (χ4n) is 3.72. The molecular weight excluding hydrogens is 461 g/mol. The molecule has 0 aliphatic rings. The lowest BCUT2D eigenvalue weighted by Crippen LogP contribution is -2.34. The number of hydrogen-bond donors (Lipinski definition) is 0. The van der Waals surface area contributed by atoms with Crippen molar-refractivity contribution in [3.8, 4) is 22.4 Å². The van der Waals surface area contributed by atoms with Crippen LogP contribution in [-0.4, -0.2) is 0 Å². The number of nitrogens with zero attached hydrogens (tertiary/aromatic N) is 1. The van der Waals surface area contributed by atoms with Gasteiger partial charge < -0.3 is 0 Å². The number of pyridine rings is 1. The molecule has 0 aliphatic carbocycles. The molecular formula is C29H26BrFN+. The molecule has 1 aromatic heterocycles. The molecule has 0 saturated heterocycles. The summed E-state index contributed by atoms with van der Waals surface area (Å²) < 4.78 is 16.7. The Morgan fingerprint density at radius 3 is 2.00 bits per heavy atom. The predicted octanol–water partition coefficient (Wildman–Crippen LogP) is 8.04. The molecule has 0 amide bonds. The minimum atomic E-state index is -0.228. The molecule has 4 aromatic rings. The second-order valence-electron chi connectivity index (χ2n) is 8.28. The van der Waals surface area contributed by atoms with Crippen molar-refractivity contribution >= 4 is 28.1 Å². The molecule has 0 N–H and O–H groups in total. The van der Waals surface area contributed by atoms with E-state index in [1.807, 2.05) is 24.3 Å². The lowest BCUT2D eigenvalue weighted by Gasteiger charge is -2.08. The predicted molar refractivity (Wildman–Crippen MR) is 136 cm³/mol. The Kier molecular flexibility index (Phi) is 6.66. The Labute approximate surface area is 198 Å². The summed E-state index contributed by atoms with van der Waals surface area (Å²) in [5.74, 6) is 0.292. The maximum Gasteiger partial charge on any atom is 0.213 e. The Balaban J connectivity index is 1.79. The van der Waals surface area contributed by atoms with Crippen molar-refractivity contribution < 1.29 is 8.96 Å². The lowest BCUT2D eigenvalue weighted by molar-refractivity contribution is -0.662. The van der Waals surface area contributed by atoms with Crippen LogP contribution in [0.5, 0.6) is 0 Å². The number of rotatable bonds is 5. The molecule has 4 rings (SSSR count). The smallest absolute Gasteiger partial charge is 0.207 e. The van der Waals surface area contributed by atoms with Crippen LogP contribution in [-0.2, 0) is 7.05 Å². The topological polar surface area (TPSA) is 3.88 Å². The first-order valence-corrected chi connectivity index (χ1v) is 11.5. The molecule has 1 heterocycles. The van der Waals surface area contributed by atoms with Crippen LogP contribution in [0.25, 0.3) is 34.5 Å². The molecule has 0 fully saturated rings. The van der Waals surface area contributed by atoms with Crippen molar-refractivity contribution in [2.24, 2.45) is 7.05 Å². The zero-order valence-corrected chi connectivity index (χ0v) is 20.1. The van der Waals surface area contributed by atoms with Crippen molar-refractivity contribution in [3.63, 3.8) is 0 Å². The van der Waals surface area contributed by atoms with Gasteiger partial charge in [0.2, 0.25) is 11.4 Å². The van der Waals surface area contributed by atoms with E-state index in [-0.39, 0.29) is 5.82 Å². The number of hydrogen-bond acceptors (Lipinski definition) is 0. The minimum absolute atomic E-state index is 0.228. The first kappa shape index (κ1) is 22.2. The maximum absolute atomic E-state index is 13.5. The largest absolute Gasteiger partial charge is 0.213 e. The summed E-state index contributed by atoms with van der Waals surface area (Å²) in [4.78, 5) is 0. The van der Waals surface area contributed by atoms with E-state index >= 15 is 0 Å². The molecule has 0 radical (unpaired) electrons. The monoisotopic (exact) mass is 486 g/mol. The van der Waals surface area contributed by atoms with Gasteiger partial charge >= 0.3 is 0 Å². The Morgan fingerprint density at radius 1 is 0.750 bits per heavy atom. The third-order valence-corrected chi connectivity index (χ3v) is 6.24. The second kappa shape index (κ2) is 9.62. The van der Waals surface area contributed by atoms with Gasteiger partial charge in [0, 0.05) is 28.2 Å². The van der Waals surface area contributed by atoms with Crippen molar-refractivity contribution in [1.29, 1.82) is 0 Å². The molecule has 3 aromatic carbocycles. The fourth-order valence-corrected chi connectivity index (χ4v) is 3.99. The van der Waals surface area contributed by atoms with Gasteiger partial charge in [-0.15, -0.1) is 0 Å². The van der Waals surface area contributed by atoms with Gasteiger partial charge in [-0.1, -0.05) is 66.2 Å². The van der Waals surface area contributed by atoms with E-state index in [9.17, 15) is 4.39 Å². The highest BCUT2D eigenvalue weighted by Crippen LogP contribution is 2.27. The van der Waals surface area contributed by atoms with Crippen LogP contribution in [0.15, 0.2) is 89.4 Å². The van der Waals surface area contributed by atoms with Crippen LogP contribution < -0.4 is 4.57 Å². The summed E-state index contributed by atoms with van der Waals surface area (Å²) >= 11 is 3.52. The molecule has 0 saturated carbocycles. The SMILES string of the molecule is CC(C)c1ccc(/C=C/c2cc(-c3ccc(F)cc3)cc(-c3ccc(Br)cc3)[n+]2C)cc1. The van der Waals surface area contributed by atoms with E-state index in [0.29, 0.717) is 5.92 Å². The van der Waals surface area contributed by atoms with Crippen molar-refractivity contribution in [2.45, 2.75) is 19.8 Å². The van der Waals surface area contributed by atoms with E-state index < -0.39 is 0 Å². The molecule has 0 atom stereocenters. The van der Waals surface area contributed by atoms with E-state index in [2.05, 4.69) is 102 Å². The standard InChI is InChI=1S/C29H26BrFN/c1-20(2)22-7-4-21(5-8-22)6-17-28-18-25(23-11-15-27(31)16-12-23)19-29(32(28)3)24-9-13-26(30)14-10-24/h4-20H,1-3H3/q+1/b17-6+. The van der Waals surface area contributed by atoms with Crippen molar-refractivity contribution in [2.75, 3.05) is 0 Å². The first-order valence-electron chi connectivity index (χ1n) is 10.7. The van der Waals surface area contributed by atoms with Crippen LogP contribution in [0.2, 0.25) is 0 Å². The maximum atomic E-state index is 13.5. The third-order valence-electron chi connectivity index (χ3n) is 5.71. The van der Waals surface area contributed by atoms with Crippen LogP contribution in [0.4, 0.5) is 4.39 Å². The summed E-state index contributed by atoms with van der Waals surface area (Å²) in [6.45, 7) is 4.41. The van der Waals surface area contributed by atoms with Crippen molar-refractivity contribution in [1.82, 2.24) is 0 Å². The summed E-state index contributed by atoms with van der Waals surface area (Å²) in [6.07, 6.45) is 4.28.